The number of aryl methyl sites for hydroxylation is 1. The van der Waals surface area contributed by atoms with Crippen molar-refractivity contribution in [2.24, 2.45) is 5.92 Å². The zero-order valence-electron chi connectivity index (χ0n) is 19.3. The third-order valence-corrected chi connectivity index (χ3v) is 8.72. The highest BCUT2D eigenvalue weighted by Gasteiger charge is 2.30. The van der Waals surface area contributed by atoms with Gasteiger partial charge in [-0.25, -0.2) is 8.42 Å². The maximum absolute atomic E-state index is 12.2. The zero-order chi connectivity index (χ0) is 22.6. The Morgan fingerprint density at radius 1 is 1.12 bits per heavy atom. The highest BCUT2D eigenvalue weighted by molar-refractivity contribution is 7.91. The first-order valence-electron chi connectivity index (χ1n) is 11.9. The van der Waals surface area contributed by atoms with Crippen LogP contribution in [0.3, 0.4) is 0 Å². The van der Waals surface area contributed by atoms with Gasteiger partial charge in [-0.15, -0.1) is 12.4 Å². The average Bonchev–Trinajstić information content (AvgIpc) is 3.56. The van der Waals surface area contributed by atoms with Crippen LogP contribution in [0.1, 0.15) is 55.2 Å². The summed E-state index contributed by atoms with van der Waals surface area (Å²) < 4.78 is 30.3. The van der Waals surface area contributed by atoms with Gasteiger partial charge in [-0.1, -0.05) is 36.7 Å². The Balaban J connectivity index is 0.00000306. The second-order valence-electron chi connectivity index (χ2n) is 9.26. The largest absolute Gasteiger partial charge is 0.494 e. The van der Waals surface area contributed by atoms with Crippen LogP contribution in [0.5, 0.6) is 5.75 Å². The summed E-state index contributed by atoms with van der Waals surface area (Å²) in [4.78, 5) is 0. The number of nitrogens with one attached hydrogen (secondary N) is 1. The molecule has 0 bridgehead atoms. The molecule has 2 atom stereocenters. The highest BCUT2D eigenvalue weighted by Crippen LogP contribution is 2.37. The van der Waals surface area contributed by atoms with Gasteiger partial charge in [0.1, 0.15) is 5.75 Å². The number of halogens is 2. The highest BCUT2D eigenvalue weighted by atomic mass is 35.5. The molecule has 1 saturated carbocycles. The molecule has 33 heavy (non-hydrogen) atoms. The second-order valence-corrected chi connectivity index (χ2v) is 11.9. The van der Waals surface area contributed by atoms with E-state index in [-0.39, 0.29) is 18.2 Å². The molecule has 7 heteroatoms. The van der Waals surface area contributed by atoms with Crippen molar-refractivity contribution in [3.63, 3.8) is 0 Å². The molecule has 182 valence electrons. The molecule has 1 N–H and O–H groups in total. The summed E-state index contributed by atoms with van der Waals surface area (Å²) >= 11 is 6.24. The number of benzene rings is 2. The summed E-state index contributed by atoms with van der Waals surface area (Å²) in [6, 6.07) is 14.9. The van der Waals surface area contributed by atoms with E-state index in [2.05, 4.69) is 36.5 Å². The molecule has 2 aliphatic carbocycles. The van der Waals surface area contributed by atoms with E-state index in [4.69, 9.17) is 16.3 Å². The van der Waals surface area contributed by atoms with Gasteiger partial charge in [0.05, 0.1) is 18.1 Å². The van der Waals surface area contributed by atoms with Crippen molar-refractivity contribution in [2.45, 2.75) is 57.4 Å². The first-order chi connectivity index (χ1) is 15.4. The Kier molecular flexibility index (Phi) is 9.52. The molecule has 2 unspecified atom stereocenters. The predicted octanol–water partition coefficient (Wildman–Crippen LogP) is 5.61. The van der Waals surface area contributed by atoms with Gasteiger partial charge in [-0.2, -0.15) is 0 Å². The molecule has 0 spiro atoms. The summed E-state index contributed by atoms with van der Waals surface area (Å²) in [5.41, 5.74) is 3.96. The van der Waals surface area contributed by atoms with Crippen LogP contribution in [0.2, 0.25) is 5.02 Å². The lowest BCUT2D eigenvalue weighted by Crippen LogP contribution is -2.39. The van der Waals surface area contributed by atoms with Gasteiger partial charge in [0.15, 0.2) is 9.84 Å². The molecule has 2 aromatic rings. The van der Waals surface area contributed by atoms with E-state index in [9.17, 15) is 8.42 Å². The zero-order valence-corrected chi connectivity index (χ0v) is 21.7. The van der Waals surface area contributed by atoms with Gasteiger partial charge in [-0.05, 0) is 91.9 Å². The molecule has 0 aliphatic heterocycles. The number of sulfone groups is 1. The fourth-order valence-electron chi connectivity index (χ4n) is 4.84. The van der Waals surface area contributed by atoms with Crippen molar-refractivity contribution in [1.29, 1.82) is 0 Å². The normalized spacial score (nSPS) is 20.1. The summed E-state index contributed by atoms with van der Waals surface area (Å²) in [5.74, 6) is 2.15. The Labute approximate surface area is 209 Å². The van der Waals surface area contributed by atoms with Gasteiger partial charge in [-0.3, -0.25) is 0 Å². The Morgan fingerprint density at radius 3 is 2.67 bits per heavy atom. The van der Waals surface area contributed by atoms with Gasteiger partial charge < -0.3 is 10.1 Å². The summed E-state index contributed by atoms with van der Waals surface area (Å²) in [5, 5.41) is 4.45. The number of likely N-dealkylation sites (N-methyl/N-ethyl adjacent to an activating group) is 1. The molecular weight excluding hydrogens is 477 g/mol. The van der Waals surface area contributed by atoms with Crippen LogP contribution >= 0.6 is 24.0 Å². The molecule has 0 heterocycles. The number of hydrogen-bond donors (Lipinski definition) is 1. The van der Waals surface area contributed by atoms with Gasteiger partial charge >= 0.3 is 0 Å². The van der Waals surface area contributed by atoms with E-state index in [0.717, 1.165) is 49.4 Å². The van der Waals surface area contributed by atoms with Crippen LogP contribution in [-0.2, 0) is 22.7 Å². The SMILES string of the molecule is CCNC1CCc2ccc(OCCCS(=O)(=O)CC3CC3)cc2C1Cc1cccc(Cl)c1.Cl. The van der Waals surface area contributed by atoms with Crippen LogP contribution in [0, 0.1) is 5.92 Å². The molecule has 0 radical (unpaired) electrons. The number of ether oxygens (including phenoxy) is 1. The minimum atomic E-state index is -2.95. The van der Waals surface area contributed by atoms with Crippen molar-refractivity contribution < 1.29 is 13.2 Å². The van der Waals surface area contributed by atoms with E-state index in [1.807, 2.05) is 18.2 Å². The monoisotopic (exact) mass is 511 g/mol. The van der Waals surface area contributed by atoms with E-state index in [0.29, 0.717) is 36.7 Å². The Morgan fingerprint density at radius 2 is 1.94 bits per heavy atom. The predicted molar refractivity (Wildman–Crippen MR) is 139 cm³/mol. The summed E-state index contributed by atoms with van der Waals surface area (Å²) in [6.45, 7) is 3.53. The van der Waals surface area contributed by atoms with Crippen LogP contribution in [0.25, 0.3) is 0 Å². The fraction of sp³-hybridized carbons (Fsp3) is 0.538. The molecule has 4 nitrogen and oxygen atoms in total. The van der Waals surface area contributed by atoms with Crippen LogP contribution in [-0.4, -0.2) is 39.1 Å². The first kappa shape index (κ1) is 26.3. The average molecular weight is 513 g/mol. The maximum Gasteiger partial charge on any atom is 0.150 e. The molecule has 4 rings (SSSR count). The second kappa shape index (κ2) is 11.9. The first-order valence-corrected chi connectivity index (χ1v) is 14.1. The standard InChI is InChI=1S/C26H34ClNO3S.ClH/c1-2-28-26-12-10-21-9-11-23(31-13-4-14-32(29,30)18-19-7-8-19)17-24(21)25(26)16-20-5-3-6-22(27)15-20;/h3,5-6,9,11,15,17,19,25-26,28H,2,4,7-8,10,12-14,16,18H2,1H3;1H. The van der Waals surface area contributed by atoms with Crippen molar-refractivity contribution >= 4 is 33.8 Å². The quantitative estimate of drug-likeness (QED) is 0.398. The number of rotatable bonds is 11. The Bertz CT molecular complexity index is 1020. The number of fused-ring (bicyclic) bond motifs is 1. The smallest absolute Gasteiger partial charge is 0.150 e. The van der Waals surface area contributed by atoms with E-state index >= 15 is 0 Å². The molecule has 0 amide bonds. The van der Waals surface area contributed by atoms with Crippen LogP contribution in [0.15, 0.2) is 42.5 Å². The summed E-state index contributed by atoms with van der Waals surface area (Å²) in [6.07, 6.45) is 5.76. The third-order valence-electron chi connectivity index (χ3n) is 6.59. The lowest BCUT2D eigenvalue weighted by molar-refractivity contribution is 0.315. The van der Waals surface area contributed by atoms with Crippen molar-refractivity contribution in [2.75, 3.05) is 24.7 Å². The lowest BCUT2D eigenvalue weighted by atomic mass is 9.76. The minimum absolute atomic E-state index is 0. The molecular formula is C26H35Cl2NO3S. The van der Waals surface area contributed by atoms with E-state index in [1.165, 1.54) is 16.7 Å². The van der Waals surface area contributed by atoms with Gasteiger partial charge in [0, 0.05) is 17.0 Å². The lowest BCUT2D eigenvalue weighted by Gasteiger charge is -2.35. The van der Waals surface area contributed by atoms with E-state index < -0.39 is 9.84 Å². The molecule has 2 aromatic carbocycles. The molecule has 0 saturated heterocycles. The van der Waals surface area contributed by atoms with Crippen LogP contribution in [0.4, 0.5) is 0 Å². The topological polar surface area (TPSA) is 55.4 Å². The van der Waals surface area contributed by atoms with Crippen molar-refractivity contribution in [3.8, 4) is 5.75 Å². The Hall–Kier alpha value is -1.27. The van der Waals surface area contributed by atoms with Crippen molar-refractivity contribution in [1.82, 2.24) is 5.32 Å². The molecule has 0 aromatic heterocycles. The molecule has 2 aliphatic rings. The summed E-state index contributed by atoms with van der Waals surface area (Å²) in [7, 11) is -2.95. The third kappa shape index (κ3) is 7.61. The van der Waals surface area contributed by atoms with Gasteiger partial charge in [0.25, 0.3) is 0 Å². The van der Waals surface area contributed by atoms with Gasteiger partial charge in [0.2, 0.25) is 0 Å². The maximum atomic E-state index is 12.2. The molecule has 1 fully saturated rings. The van der Waals surface area contributed by atoms with Crippen molar-refractivity contribution in [3.05, 3.63) is 64.2 Å². The number of hydrogen-bond acceptors (Lipinski definition) is 4. The minimum Gasteiger partial charge on any atom is -0.494 e. The van der Waals surface area contributed by atoms with Crippen LogP contribution < -0.4 is 10.1 Å². The van der Waals surface area contributed by atoms with E-state index in [1.54, 1.807) is 0 Å². The fourth-order valence-corrected chi connectivity index (χ4v) is 6.83.